The van der Waals surface area contributed by atoms with Gasteiger partial charge in [0.25, 0.3) is 5.91 Å². The smallest absolute Gasteiger partial charge is 0.264 e. The van der Waals surface area contributed by atoms with Crippen LogP contribution in [0.4, 0.5) is 0 Å². The highest BCUT2D eigenvalue weighted by molar-refractivity contribution is 7.08. The molecule has 0 aliphatic heterocycles. The Kier molecular flexibility index (Phi) is 5.02. The van der Waals surface area contributed by atoms with Gasteiger partial charge >= 0.3 is 0 Å². The van der Waals surface area contributed by atoms with Crippen molar-refractivity contribution in [2.45, 2.75) is 32.7 Å². The van der Waals surface area contributed by atoms with Crippen LogP contribution in [0.3, 0.4) is 0 Å². The lowest BCUT2D eigenvalue weighted by Crippen LogP contribution is -2.25. The first-order valence-corrected chi connectivity index (χ1v) is 8.70. The molecule has 0 unspecified atom stereocenters. The molecule has 2 aromatic heterocycles. The van der Waals surface area contributed by atoms with E-state index < -0.39 is 0 Å². The third kappa shape index (κ3) is 3.59. The number of benzene rings is 1. The molecule has 0 saturated carbocycles. The number of amides is 1. The van der Waals surface area contributed by atoms with Gasteiger partial charge in [-0.15, -0.1) is 5.10 Å². The molecule has 1 amide bonds. The van der Waals surface area contributed by atoms with Crippen LogP contribution >= 0.6 is 11.5 Å². The van der Waals surface area contributed by atoms with E-state index in [4.69, 9.17) is 0 Å². The lowest BCUT2D eigenvalue weighted by atomic mass is 10.2. The van der Waals surface area contributed by atoms with Gasteiger partial charge in [0.15, 0.2) is 0 Å². The van der Waals surface area contributed by atoms with Crippen LogP contribution in [0, 0.1) is 0 Å². The minimum Gasteiger partial charge on any atom is -0.351 e. The quantitative estimate of drug-likeness (QED) is 0.677. The van der Waals surface area contributed by atoms with Crippen LogP contribution in [0.25, 0.3) is 10.9 Å². The molecule has 23 heavy (non-hydrogen) atoms. The fourth-order valence-electron chi connectivity index (χ4n) is 2.65. The van der Waals surface area contributed by atoms with Crippen LogP contribution in [0.1, 0.15) is 35.1 Å². The van der Waals surface area contributed by atoms with Gasteiger partial charge in [0.05, 0.1) is 5.69 Å². The number of aromatic nitrogens is 3. The zero-order chi connectivity index (χ0) is 16.1. The molecule has 120 valence electrons. The molecule has 0 aliphatic carbocycles. The first-order chi connectivity index (χ1) is 11.3. The molecule has 5 nitrogen and oxygen atoms in total. The van der Waals surface area contributed by atoms with Crippen molar-refractivity contribution in [2.24, 2.45) is 0 Å². The van der Waals surface area contributed by atoms with Crippen LogP contribution in [0.15, 0.2) is 36.5 Å². The molecule has 1 aromatic carbocycles. The summed E-state index contributed by atoms with van der Waals surface area (Å²) in [5.41, 5.74) is 2.04. The van der Waals surface area contributed by atoms with Crippen LogP contribution in [-0.4, -0.2) is 26.6 Å². The molecule has 3 aromatic rings. The number of carbonyl (C=O) groups excluding carboxylic acids is 1. The molecule has 0 fully saturated rings. The van der Waals surface area contributed by atoms with Crippen LogP contribution < -0.4 is 5.32 Å². The van der Waals surface area contributed by atoms with Crippen molar-refractivity contribution < 1.29 is 4.79 Å². The van der Waals surface area contributed by atoms with E-state index in [2.05, 4.69) is 50.8 Å². The maximum atomic E-state index is 12.2. The number of nitrogens with zero attached hydrogens (tertiary/aromatic N) is 3. The van der Waals surface area contributed by atoms with Crippen LogP contribution in [-0.2, 0) is 13.0 Å². The summed E-state index contributed by atoms with van der Waals surface area (Å²) in [6.07, 6.45) is 4.75. The largest absolute Gasteiger partial charge is 0.351 e. The molecule has 0 saturated heterocycles. The maximum Gasteiger partial charge on any atom is 0.264 e. The third-order valence-electron chi connectivity index (χ3n) is 3.79. The molecule has 3 rings (SSSR count). The number of rotatable bonds is 7. The number of hydrogen-bond donors (Lipinski definition) is 1. The second-order valence-corrected chi connectivity index (χ2v) is 6.23. The molecule has 1 N–H and O–H groups in total. The van der Waals surface area contributed by atoms with E-state index >= 15 is 0 Å². The second kappa shape index (κ2) is 7.37. The topological polar surface area (TPSA) is 59.8 Å². The molecule has 6 heteroatoms. The summed E-state index contributed by atoms with van der Waals surface area (Å²) in [5, 5.41) is 8.25. The van der Waals surface area contributed by atoms with E-state index in [0.29, 0.717) is 11.4 Å². The molecule has 0 radical (unpaired) electrons. The molecule has 0 aliphatic rings. The van der Waals surface area contributed by atoms with Crippen LogP contribution in [0.5, 0.6) is 0 Å². The lowest BCUT2D eigenvalue weighted by molar-refractivity contribution is 0.0955. The average Bonchev–Trinajstić information content (AvgIpc) is 3.19. The molecular weight excluding hydrogens is 308 g/mol. The minimum absolute atomic E-state index is 0.0548. The highest BCUT2D eigenvalue weighted by Crippen LogP contribution is 2.15. The fraction of sp³-hybridized carbons (Fsp3) is 0.353. The zero-order valence-corrected chi connectivity index (χ0v) is 14.0. The van der Waals surface area contributed by atoms with Gasteiger partial charge in [-0.25, -0.2) is 0 Å². The van der Waals surface area contributed by atoms with Gasteiger partial charge in [0.1, 0.15) is 4.88 Å². The number of para-hydroxylation sites is 1. The monoisotopic (exact) mass is 328 g/mol. The Balaban J connectivity index is 1.51. The van der Waals surface area contributed by atoms with Crippen molar-refractivity contribution in [3.8, 4) is 0 Å². The molecule has 2 heterocycles. The zero-order valence-electron chi connectivity index (χ0n) is 13.2. The van der Waals surface area contributed by atoms with Gasteiger partial charge in [0, 0.05) is 24.8 Å². The van der Waals surface area contributed by atoms with Gasteiger partial charge in [-0.05, 0) is 41.9 Å². The molecule has 0 bridgehead atoms. The molecular formula is C17H20N4OS. The predicted octanol–water partition coefficient (Wildman–Crippen LogP) is 3.27. The lowest BCUT2D eigenvalue weighted by Gasteiger charge is -2.07. The Morgan fingerprint density at radius 2 is 2.17 bits per heavy atom. The number of nitrogens with one attached hydrogen (secondary N) is 1. The number of hydrogen-bond acceptors (Lipinski definition) is 4. The first kappa shape index (κ1) is 15.7. The Morgan fingerprint density at radius 3 is 3.04 bits per heavy atom. The SMILES string of the molecule is CCCc1nnsc1C(=O)NCCCn1ccc2ccccc21. The number of fused-ring (bicyclic) bond motifs is 1. The van der Waals surface area contributed by atoms with Crippen molar-refractivity contribution in [3.63, 3.8) is 0 Å². The standard InChI is InChI=1S/C17H20N4OS/c1-2-6-14-16(23-20-19-14)17(22)18-10-5-11-21-12-9-13-7-3-4-8-15(13)21/h3-4,7-9,12H,2,5-6,10-11H2,1H3,(H,18,22). The summed E-state index contributed by atoms with van der Waals surface area (Å²) in [6, 6.07) is 10.4. The van der Waals surface area contributed by atoms with E-state index in [-0.39, 0.29) is 5.91 Å². The second-order valence-electron chi connectivity index (χ2n) is 5.48. The van der Waals surface area contributed by atoms with E-state index in [9.17, 15) is 4.79 Å². The summed E-state index contributed by atoms with van der Waals surface area (Å²) in [7, 11) is 0. The van der Waals surface area contributed by atoms with Crippen molar-refractivity contribution in [1.29, 1.82) is 0 Å². The van der Waals surface area contributed by atoms with Gasteiger partial charge in [0.2, 0.25) is 0 Å². The van der Waals surface area contributed by atoms with Gasteiger partial charge in [-0.1, -0.05) is 36.0 Å². The van der Waals surface area contributed by atoms with Crippen molar-refractivity contribution in [1.82, 2.24) is 19.5 Å². The van der Waals surface area contributed by atoms with E-state index in [0.717, 1.165) is 31.5 Å². The minimum atomic E-state index is -0.0548. The summed E-state index contributed by atoms with van der Waals surface area (Å²) in [6.45, 7) is 3.60. The van der Waals surface area contributed by atoms with Crippen molar-refractivity contribution in [2.75, 3.05) is 6.54 Å². The molecule has 0 atom stereocenters. The average molecular weight is 328 g/mol. The summed E-state index contributed by atoms with van der Waals surface area (Å²) < 4.78 is 6.11. The van der Waals surface area contributed by atoms with E-state index in [1.807, 2.05) is 12.1 Å². The van der Waals surface area contributed by atoms with E-state index in [1.54, 1.807) is 0 Å². The normalized spacial score (nSPS) is 11.0. The van der Waals surface area contributed by atoms with Gasteiger partial charge < -0.3 is 9.88 Å². The summed E-state index contributed by atoms with van der Waals surface area (Å²) in [4.78, 5) is 12.8. The van der Waals surface area contributed by atoms with Crippen molar-refractivity contribution >= 4 is 28.3 Å². The van der Waals surface area contributed by atoms with Crippen molar-refractivity contribution in [3.05, 3.63) is 47.1 Å². The van der Waals surface area contributed by atoms with E-state index in [1.165, 1.54) is 22.4 Å². The highest BCUT2D eigenvalue weighted by Gasteiger charge is 2.14. The predicted molar refractivity (Wildman–Crippen MR) is 92.8 cm³/mol. The van der Waals surface area contributed by atoms with Crippen LogP contribution in [0.2, 0.25) is 0 Å². The number of carbonyl (C=O) groups is 1. The van der Waals surface area contributed by atoms with Gasteiger partial charge in [-0.3, -0.25) is 4.79 Å². The summed E-state index contributed by atoms with van der Waals surface area (Å²) in [5.74, 6) is -0.0548. The third-order valence-corrected chi connectivity index (χ3v) is 4.56. The maximum absolute atomic E-state index is 12.2. The summed E-state index contributed by atoms with van der Waals surface area (Å²) >= 11 is 1.18. The first-order valence-electron chi connectivity index (χ1n) is 7.93. The van der Waals surface area contributed by atoms with Gasteiger partial charge in [-0.2, -0.15) is 0 Å². The number of aryl methyl sites for hydroxylation is 2. The Morgan fingerprint density at radius 1 is 1.30 bits per heavy atom. The fourth-order valence-corrected chi connectivity index (χ4v) is 3.27. The Bertz CT molecular complexity index is 793. The Hall–Kier alpha value is -2.21. The highest BCUT2D eigenvalue weighted by atomic mass is 32.1. The molecule has 0 spiro atoms. The Labute approximate surface area is 139 Å².